The molecule has 2 aromatic rings. The predicted molar refractivity (Wildman–Crippen MR) is 65.2 cm³/mol. The number of methoxy groups -OCH3 is 2. The quantitative estimate of drug-likeness (QED) is 0.622. The van der Waals surface area contributed by atoms with Crippen molar-refractivity contribution in [2.75, 3.05) is 14.2 Å². The van der Waals surface area contributed by atoms with Crippen molar-refractivity contribution in [2.45, 2.75) is 0 Å². The number of aromatic nitrogens is 1. The van der Waals surface area contributed by atoms with Crippen LogP contribution in [0, 0.1) is 0 Å². The number of aldehydes is 1. The van der Waals surface area contributed by atoms with Crippen LogP contribution in [0.3, 0.4) is 0 Å². The van der Waals surface area contributed by atoms with Crippen molar-refractivity contribution in [1.82, 2.24) is 4.98 Å². The Labute approximate surface area is 103 Å². The van der Waals surface area contributed by atoms with Gasteiger partial charge in [-0.25, -0.2) is 4.98 Å². The highest BCUT2D eigenvalue weighted by atomic mass is 35.5. The van der Waals surface area contributed by atoms with Crippen molar-refractivity contribution in [3.8, 4) is 11.5 Å². The van der Waals surface area contributed by atoms with Gasteiger partial charge in [-0.05, 0) is 6.07 Å². The molecule has 2 rings (SSSR count). The zero-order valence-corrected chi connectivity index (χ0v) is 10.1. The minimum absolute atomic E-state index is 0.169. The number of carbonyl (C=O) groups excluding carboxylic acids is 1. The van der Waals surface area contributed by atoms with Gasteiger partial charge in [-0.15, -0.1) is 0 Å². The molecule has 0 N–H and O–H groups in total. The van der Waals surface area contributed by atoms with Crippen LogP contribution in [-0.4, -0.2) is 25.5 Å². The van der Waals surface area contributed by atoms with Crippen LogP contribution in [-0.2, 0) is 0 Å². The summed E-state index contributed by atoms with van der Waals surface area (Å²) in [6.07, 6.45) is 0.665. The average Bonchev–Trinajstić information content (AvgIpc) is 2.36. The minimum atomic E-state index is 0.169. The van der Waals surface area contributed by atoms with E-state index in [4.69, 9.17) is 21.1 Å². The van der Waals surface area contributed by atoms with E-state index < -0.39 is 0 Å². The monoisotopic (exact) mass is 251 g/mol. The molecular weight excluding hydrogens is 242 g/mol. The molecule has 4 nitrogen and oxygen atoms in total. The van der Waals surface area contributed by atoms with Crippen molar-refractivity contribution in [1.29, 1.82) is 0 Å². The number of carbonyl (C=O) groups is 1. The second-order valence-corrected chi connectivity index (χ2v) is 3.74. The number of fused-ring (bicyclic) bond motifs is 1. The number of hydrogen-bond donors (Lipinski definition) is 0. The summed E-state index contributed by atoms with van der Waals surface area (Å²) in [4.78, 5) is 14.9. The molecule has 0 amide bonds. The van der Waals surface area contributed by atoms with Crippen molar-refractivity contribution in [3.05, 3.63) is 28.9 Å². The first-order valence-electron chi connectivity index (χ1n) is 4.87. The number of nitrogens with zero attached hydrogens (tertiary/aromatic N) is 1. The molecule has 1 aromatic carbocycles. The van der Waals surface area contributed by atoms with Crippen molar-refractivity contribution in [2.24, 2.45) is 0 Å². The molecule has 0 unspecified atom stereocenters. The van der Waals surface area contributed by atoms with Crippen LogP contribution in [0.2, 0.25) is 5.15 Å². The summed E-state index contributed by atoms with van der Waals surface area (Å²) < 4.78 is 10.4. The molecule has 0 radical (unpaired) electrons. The van der Waals surface area contributed by atoms with Crippen LogP contribution in [0.25, 0.3) is 10.9 Å². The lowest BCUT2D eigenvalue weighted by molar-refractivity contribution is 0.112. The maximum absolute atomic E-state index is 10.8. The van der Waals surface area contributed by atoms with E-state index in [0.717, 1.165) is 5.39 Å². The van der Waals surface area contributed by atoms with Gasteiger partial charge in [0.25, 0.3) is 0 Å². The van der Waals surface area contributed by atoms with Crippen molar-refractivity contribution < 1.29 is 14.3 Å². The van der Waals surface area contributed by atoms with Crippen molar-refractivity contribution >= 4 is 28.8 Å². The number of hydrogen-bond acceptors (Lipinski definition) is 4. The third kappa shape index (κ3) is 2.03. The molecule has 0 aliphatic rings. The Morgan fingerprint density at radius 1 is 1.24 bits per heavy atom. The molecule has 0 bridgehead atoms. The first-order chi connectivity index (χ1) is 8.19. The van der Waals surface area contributed by atoms with Gasteiger partial charge in [-0.3, -0.25) is 4.79 Å². The van der Waals surface area contributed by atoms with E-state index in [0.29, 0.717) is 28.9 Å². The Balaban J connectivity index is 2.80. The van der Waals surface area contributed by atoms with Crippen LogP contribution in [0.15, 0.2) is 18.2 Å². The van der Waals surface area contributed by atoms with Gasteiger partial charge in [0.05, 0.1) is 25.3 Å². The highest BCUT2D eigenvalue weighted by Gasteiger charge is 2.10. The molecule has 1 aromatic heterocycles. The normalized spacial score (nSPS) is 10.3. The van der Waals surface area contributed by atoms with Gasteiger partial charge in [0, 0.05) is 17.5 Å². The van der Waals surface area contributed by atoms with Gasteiger partial charge >= 0.3 is 0 Å². The smallest absolute Gasteiger partial charge is 0.153 e. The fourth-order valence-corrected chi connectivity index (χ4v) is 1.77. The first-order valence-corrected chi connectivity index (χ1v) is 5.25. The van der Waals surface area contributed by atoms with E-state index in [1.807, 2.05) is 0 Å². The Bertz CT molecular complexity index is 583. The Morgan fingerprint density at radius 3 is 2.59 bits per heavy atom. The fraction of sp³-hybridized carbons (Fsp3) is 0.167. The molecule has 5 heteroatoms. The Kier molecular flexibility index (Phi) is 3.15. The molecular formula is C12H10ClNO3. The van der Waals surface area contributed by atoms with Gasteiger partial charge < -0.3 is 9.47 Å². The zero-order valence-electron chi connectivity index (χ0n) is 9.36. The van der Waals surface area contributed by atoms with Crippen LogP contribution in [0.5, 0.6) is 11.5 Å². The second-order valence-electron chi connectivity index (χ2n) is 3.38. The van der Waals surface area contributed by atoms with Crippen LogP contribution < -0.4 is 9.47 Å². The number of benzene rings is 1. The molecule has 88 valence electrons. The van der Waals surface area contributed by atoms with Gasteiger partial charge in [0.2, 0.25) is 0 Å². The highest BCUT2D eigenvalue weighted by Crippen LogP contribution is 2.32. The Hall–Kier alpha value is -1.81. The summed E-state index contributed by atoms with van der Waals surface area (Å²) in [6.45, 7) is 0. The highest BCUT2D eigenvalue weighted by molar-refractivity contribution is 6.32. The molecule has 0 saturated heterocycles. The summed E-state index contributed by atoms with van der Waals surface area (Å²) in [5.74, 6) is 1.21. The number of halogens is 1. The topological polar surface area (TPSA) is 48.4 Å². The van der Waals surface area contributed by atoms with Crippen LogP contribution in [0.4, 0.5) is 0 Å². The van der Waals surface area contributed by atoms with Gasteiger partial charge in [0.1, 0.15) is 16.7 Å². The molecule has 0 spiro atoms. The van der Waals surface area contributed by atoms with E-state index >= 15 is 0 Å². The Morgan fingerprint density at radius 2 is 2.00 bits per heavy atom. The summed E-state index contributed by atoms with van der Waals surface area (Å²) in [5, 5.41) is 0.891. The number of ether oxygens (including phenoxy) is 2. The summed E-state index contributed by atoms with van der Waals surface area (Å²) >= 11 is 5.87. The van der Waals surface area contributed by atoms with E-state index in [1.165, 1.54) is 0 Å². The van der Waals surface area contributed by atoms with E-state index in [-0.39, 0.29) is 5.15 Å². The predicted octanol–water partition coefficient (Wildman–Crippen LogP) is 2.72. The molecule has 0 saturated carbocycles. The SMILES string of the molecule is COc1cc(OC)c2cc(C=O)c(Cl)nc2c1. The summed E-state index contributed by atoms with van der Waals surface area (Å²) in [7, 11) is 3.10. The van der Waals surface area contributed by atoms with Crippen LogP contribution >= 0.6 is 11.6 Å². The van der Waals surface area contributed by atoms with E-state index in [2.05, 4.69) is 4.98 Å². The standard InChI is InChI=1S/C12H10ClNO3/c1-16-8-4-10-9(11(5-8)17-2)3-7(6-15)12(13)14-10/h3-6H,1-2H3. The molecule has 0 atom stereocenters. The van der Waals surface area contributed by atoms with Crippen LogP contribution in [0.1, 0.15) is 10.4 Å². The van der Waals surface area contributed by atoms with Gasteiger partial charge in [-0.1, -0.05) is 11.6 Å². The average molecular weight is 252 g/mol. The lowest BCUT2D eigenvalue weighted by Crippen LogP contribution is -1.93. The lowest BCUT2D eigenvalue weighted by atomic mass is 10.1. The summed E-state index contributed by atoms with van der Waals surface area (Å²) in [5.41, 5.74) is 0.958. The first kappa shape index (κ1) is 11.7. The molecule has 1 heterocycles. The van der Waals surface area contributed by atoms with E-state index in [1.54, 1.807) is 32.4 Å². The molecule has 0 aliphatic heterocycles. The minimum Gasteiger partial charge on any atom is -0.497 e. The molecule has 0 fully saturated rings. The summed E-state index contributed by atoms with van der Waals surface area (Å²) in [6, 6.07) is 5.11. The van der Waals surface area contributed by atoms with Crippen molar-refractivity contribution in [3.63, 3.8) is 0 Å². The number of rotatable bonds is 3. The largest absolute Gasteiger partial charge is 0.497 e. The third-order valence-electron chi connectivity index (χ3n) is 2.43. The zero-order chi connectivity index (χ0) is 12.4. The maximum atomic E-state index is 10.8. The van der Waals surface area contributed by atoms with Gasteiger partial charge in [0.15, 0.2) is 6.29 Å². The maximum Gasteiger partial charge on any atom is 0.153 e. The second kappa shape index (κ2) is 4.59. The molecule has 0 aliphatic carbocycles. The third-order valence-corrected chi connectivity index (χ3v) is 2.74. The fourth-order valence-electron chi connectivity index (χ4n) is 1.58. The van der Waals surface area contributed by atoms with Gasteiger partial charge in [-0.2, -0.15) is 0 Å². The van der Waals surface area contributed by atoms with E-state index in [9.17, 15) is 4.79 Å². The lowest BCUT2D eigenvalue weighted by Gasteiger charge is -2.09. The molecule has 17 heavy (non-hydrogen) atoms. The number of pyridine rings is 1.